The molecule has 0 radical (unpaired) electrons. The zero-order valence-corrected chi connectivity index (χ0v) is 19.2. The molecule has 0 saturated carbocycles. The van der Waals surface area contributed by atoms with Crippen LogP contribution < -0.4 is 20.3 Å². The normalized spacial score (nSPS) is 15.5. The molecule has 2 amide bonds. The van der Waals surface area contributed by atoms with Crippen molar-refractivity contribution in [3.8, 4) is 5.75 Å². The van der Waals surface area contributed by atoms with Crippen molar-refractivity contribution in [2.45, 2.75) is 19.5 Å². The molecule has 1 aromatic carbocycles. The Bertz CT molecular complexity index is 1320. The standard InChI is InChI=1S/C24H25N7O4/c1-34-18-6-4-17(5-7-18)30-14-16(11-21(30)32)24(33)25-8-9-31-23-20(13-29-31)22(27-15-28-23)26-12-19-3-2-10-35-19/h2-7,10,13,15-16H,8-9,11-12,14H2,1H3,(H,25,33)(H,26,27,28). The molecule has 1 unspecified atom stereocenters. The zero-order chi connectivity index (χ0) is 24.2. The van der Waals surface area contributed by atoms with Gasteiger partial charge in [0.1, 0.15) is 23.7 Å². The van der Waals surface area contributed by atoms with E-state index in [1.165, 1.54) is 6.33 Å². The molecule has 1 fully saturated rings. The number of carbonyl (C=O) groups is 2. The van der Waals surface area contributed by atoms with Crippen molar-refractivity contribution in [3.63, 3.8) is 0 Å². The summed E-state index contributed by atoms with van der Waals surface area (Å²) in [4.78, 5) is 35.5. The van der Waals surface area contributed by atoms with Gasteiger partial charge in [0.15, 0.2) is 5.65 Å². The maximum atomic E-state index is 12.7. The summed E-state index contributed by atoms with van der Waals surface area (Å²) < 4.78 is 12.2. The number of nitrogens with zero attached hydrogens (tertiary/aromatic N) is 5. The van der Waals surface area contributed by atoms with E-state index in [-0.39, 0.29) is 18.2 Å². The number of hydrogen-bond acceptors (Lipinski definition) is 8. The fourth-order valence-electron chi connectivity index (χ4n) is 4.11. The number of furan rings is 1. The summed E-state index contributed by atoms with van der Waals surface area (Å²) in [6.07, 6.45) is 4.98. The van der Waals surface area contributed by atoms with Crippen molar-refractivity contribution in [2.75, 3.05) is 30.4 Å². The fourth-order valence-corrected chi connectivity index (χ4v) is 4.11. The highest BCUT2D eigenvalue weighted by Gasteiger charge is 2.35. The van der Waals surface area contributed by atoms with Crippen LogP contribution in [0.1, 0.15) is 12.2 Å². The minimum Gasteiger partial charge on any atom is -0.497 e. The Morgan fingerprint density at radius 1 is 1.23 bits per heavy atom. The molecule has 3 aromatic heterocycles. The molecule has 2 N–H and O–H groups in total. The van der Waals surface area contributed by atoms with Crippen LogP contribution in [0.25, 0.3) is 11.0 Å². The first kappa shape index (κ1) is 22.4. The van der Waals surface area contributed by atoms with Crippen LogP contribution in [0.3, 0.4) is 0 Å². The maximum absolute atomic E-state index is 12.7. The van der Waals surface area contributed by atoms with Gasteiger partial charge < -0.3 is 24.7 Å². The summed E-state index contributed by atoms with van der Waals surface area (Å²) >= 11 is 0. The van der Waals surface area contributed by atoms with Gasteiger partial charge in [-0.15, -0.1) is 0 Å². The molecule has 5 rings (SSSR count). The van der Waals surface area contributed by atoms with Crippen molar-refractivity contribution in [1.82, 2.24) is 25.1 Å². The van der Waals surface area contributed by atoms with Crippen LogP contribution in [0.15, 0.2) is 59.6 Å². The van der Waals surface area contributed by atoms with Gasteiger partial charge in [0.25, 0.3) is 0 Å². The van der Waals surface area contributed by atoms with Gasteiger partial charge in [0.05, 0.1) is 44.0 Å². The van der Waals surface area contributed by atoms with Gasteiger partial charge in [-0.3, -0.25) is 9.59 Å². The van der Waals surface area contributed by atoms with E-state index in [4.69, 9.17) is 9.15 Å². The first-order chi connectivity index (χ1) is 17.1. The third kappa shape index (κ3) is 4.79. The maximum Gasteiger partial charge on any atom is 0.227 e. The van der Waals surface area contributed by atoms with Gasteiger partial charge >= 0.3 is 0 Å². The number of ether oxygens (including phenoxy) is 1. The number of fused-ring (bicyclic) bond motifs is 1. The highest BCUT2D eigenvalue weighted by atomic mass is 16.5. The molecule has 1 aliphatic heterocycles. The predicted octanol–water partition coefficient (Wildman–Crippen LogP) is 2.21. The summed E-state index contributed by atoms with van der Waals surface area (Å²) in [7, 11) is 1.59. The van der Waals surface area contributed by atoms with Crippen LogP contribution >= 0.6 is 0 Å². The molecular weight excluding hydrogens is 450 g/mol. The minimum atomic E-state index is -0.404. The summed E-state index contributed by atoms with van der Waals surface area (Å²) in [5.41, 5.74) is 1.42. The first-order valence-electron chi connectivity index (χ1n) is 11.3. The second-order valence-corrected chi connectivity index (χ2v) is 8.15. The smallest absolute Gasteiger partial charge is 0.227 e. The van der Waals surface area contributed by atoms with Gasteiger partial charge in [-0.2, -0.15) is 5.10 Å². The van der Waals surface area contributed by atoms with Gasteiger partial charge in [0, 0.05) is 25.2 Å². The average Bonchev–Trinajstić information content (AvgIpc) is 3.63. The number of carbonyl (C=O) groups excluding carboxylic acids is 2. The van der Waals surface area contributed by atoms with Crippen LogP contribution in [0.5, 0.6) is 5.75 Å². The summed E-state index contributed by atoms with van der Waals surface area (Å²) in [5, 5.41) is 11.3. The average molecular weight is 476 g/mol. The number of methoxy groups -OCH3 is 1. The molecular formula is C24H25N7O4. The fraction of sp³-hybridized carbons (Fsp3) is 0.292. The lowest BCUT2D eigenvalue weighted by Crippen LogP contribution is -2.35. The number of hydrogen-bond donors (Lipinski definition) is 2. The van der Waals surface area contributed by atoms with Crippen LogP contribution in [0.2, 0.25) is 0 Å². The van der Waals surface area contributed by atoms with E-state index in [0.717, 1.165) is 16.8 Å². The second-order valence-electron chi connectivity index (χ2n) is 8.15. The molecule has 4 heterocycles. The van der Waals surface area contributed by atoms with Crippen LogP contribution in [0.4, 0.5) is 11.5 Å². The number of nitrogens with one attached hydrogen (secondary N) is 2. The number of amides is 2. The van der Waals surface area contributed by atoms with Crippen molar-refractivity contribution < 1.29 is 18.7 Å². The number of aromatic nitrogens is 4. The monoisotopic (exact) mass is 475 g/mol. The second kappa shape index (κ2) is 9.84. The molecule has 180 valence electrons. The summed E-state index contributed by atoms with van der Waals surface area (Å²) in [6.45, 7) is 1.64. The topological polar surface area (TPSA) is 127 Å². The van der Waals surface area contributed by atoms with Gasteiger partial charge in [-0.05, 0) is 36.4 Å². The number of anilines is 2. The molecule has 0 bridgehead atoms. The molecule has 11 nitrogen and oxygen atoms in total. The number of benzene rings is 1. The van der Waals surface area contributed by atoms with E-state index in [1.807, 2.05) is 24.3 Å². The quantitative estimate of drug-likeness (QED) is 0.377. The van der Waals surface area contributed by atoms with Gasteiger partial charge in [0.2, 0.25) is 11.8 Å². The van der Waals surface area contributed by atoms with E-state index >= 15 is 0 Å². The zero-order valence-electron chi connectivity index (χ0n) is 19.2. The Hall–Kier alpha value is -4.41. The Balaban J connectivity index is 1.16. The van der Waals surface area contributed by atoms with E-state index in [1.54, 1.807) is 41.3 Å². The van der Waals surface area contributed by atoms with Crippen molar-refractivity contribution >= 4 is 34.4 Å². The summed E-state index contributed by atoms with van der Waals surface area (Å²) in [5.74, 6) is 1.54. The lowest BCUT2D eigenvalue weighted by Gasteiger charge is -2.17. The molecule has 1 aliphatic rings. The van der Waals surface area contributed by atoms with Crippen molar-refractivity contribution in [2.24, 2.45) is 5.92 Å². The molecule has 35 heavy (non-hydrogen) atoms. The van der Waals surface area contributed by atoms with Crippen molar-refractivity contribution in [3.05, 3.63) is 60.9 Å². The Labute approximate surface area is 201 Å². The molecule has 0 aliphatic carbocycles. The Morgan fingerprint density at radius 2 is 2.09 bits per heavy atom. The predicted molar refractivity (Wildman–Crippen MR) is 128 cm³/mol. The highest BCUT2D eigenvalue weighted by molar-refractivity contribution is 6.00. The van der Waals surface area contributed by atoms with Gasteiger partial charge in [-0.25, -0.2) is 14.6 Å². The molecule has 1 saturated heterocycles. The molecule has 4 aromatic rings. The largest absolute Gasteiger partial charge is 0.497 e. The lowest BCUT2D eigenvalue weighted by atomic mass is 10.1. The summed E-state index contributed by atoms with van der Waals surface area (Å²) in [6, 6.07) is 10.9. The van der Waals surface area contributed by atoms with Gasteiger partial charge in [-0.1, -0.05) is 0 Å². The first-order valence-corrected chi connectivity index (χ1v) is 11.3. The highest BCUT2D eigenvalue weighted by Crippen LogP contribution is 2.27. The Kier molecular flexibility index (Phi) is 6.29. The van der Waals surface area contributed by atoms with Crippen LogP contribution in [-0.2, 0) is 22.7 Å². The third-order valence-corrected chi connectivity index (χ3v) is 5.95. The van der Waals surface area contributed by atoms with E-state index in [9.17, 15) is 9.59 Å². The van der Waals surface area contributed by atoms with E-state index < -0.39 is 5.92 Å². The number of rotatable bonds is 9. The Morgan fingerprint density at radius 3 is 2.86 bits per heavy atom. The molecule has 1 atom stereocenters. The molecule has 0 spiro atoms. The third-order valence-electron chi connectivity index (χ3n) is 5.95. The minimum absolute atomic E-state index is 0.0698. The van der Waals surface area contributed by atoms with Crippen LogP contribution in [0, 0.1) is 5.92 Å². The van der Waals surface area contributed by atoms with Crippen LogP contribution in [-0.4, -0.2) is 51.8 Å². The lowest BCUT2D eigenvalue weighted by molar-refractivity contribution is -0.126. The van der Waals surface area contributed by atoms with E-state index in [2.05, 4.69) is 25.7 Å². The van der Waals surface area contributed by atoms with E-state index in [0.29, 0.717) is 43.4 Å². The SMILES string of the molecule is COc1ccc(N2CC(C(=O)NCCn3ncc4c(NCc5ccco5)ncnc43)CC2=O)cc1. The molecule has 11 heteroatoms. The van der Waals surface area contributed by atoms with Crippen molar-refractivity contribution in [1.29, 1.82) is 0 Å².